The zero-order chi connectivity index (χ0) is 17.2. The number of hydrogen-bond donors (Lipinski definition) is 1. The van der Waals surface area contributed by atoms with Gasteiger partial charge in [-0.1, -0.05) is 12.8 Å². The van der Waals surface area contributed by atoms with Crippen molar-refractivity contribution in [3.63, 3.8) is 0 Å². The zero-order valence-electron chi connectivity index (χ0n) is 15.6. The summed E-state index contributed by atoms with van der Waals surface area (Å²) in [5, 5.41) is 7.92. The summed E-state index contributed by atoms with van der Waals surface area (Å²) in [5.41, 5.74) is 1.81. The van der Waals surface area contributed by atoms with Crippen molar-refractivity contribution in [3.8, 4) is 0 Å². The predicted octanol–water partition coefficient (Wildman–Crippen LogP) is 1.86. The minimum atomic E-state index is 0.290. The predicted molar refractivity (Wildman–Crippen MR) is 98.1 cm³/mol. The standard InChI is InChI=1S/C18H32N6/c1-19-17(24-10-9-18(14-24)7-5-6-8-18)20-12-16(22(2)3)15-11-21-23(4)13-15/h11,13,16H,5-10,12,14H2,1-4H3,(H,19,20). The second-order valence-corrected chi connectivity index (χ2v) is 7.73. The Morgan fingerprint density at radius 3 is 2.71 bits per heavy atom. The molecule has 1 atom stereocenters. The Hall–Kier alpha value is -1.56. The van der Waals surface area contributed by atoms with Crippen LogP contribution < -0.4 is 5.32 Å². The lowest BCUT2D eigenvalue weighted by atomic mass is 9.86. The summed E-state index contributed by atoms with van der Waals surface area (Å²) in [4.78, 5) is 9.24. The van der Waals surface area contributed by atoms with Crippen LogP contribution >= 0.6 is 0 Å². The largest absolute Gasteiger partial charge is 0.354 e. The van der Waals surface area contributed by atoms with E-state index in [0.717, 1.165) is 19.0 Å². The van der Waals surface area contributed by atoms with Gasteiger partial charge in [0.15, 0.2) is 5.96 Å². The molecule has 134 valence electrons. The monoisotopic (exact) mass is 332 g/mol. The van der Waals surface area contributed by atoms with E-state index in [0.29, 0.717) is 11.5 Å². The van der Waals surface area contributed by atoms with Crippen molar-refractivity contribution in [3.05, 3.63) is 18.0 Å². The molecule has 2 aliphatic rings. The van der Waals surface area contributed by atoms with Crippen LogP contribution in [0.5, 0.6) is 0 Å². The summed E-state index contributed by atoms with van der Waals surface area (Å²) in [6.07, 6.45) is 11.0. The molecular weight excluding hydrogens is 300 g/mol. The van der Waals surface area contributed by atoms with E-state index in [4.69, 9.17) is 0 Å². The van der Waals surface area contributed by atoms with Gasteiger partial charge >= 0.3 is 0 Å². The molecule has 1 unspecified atom stereocenters. The zero-order valence-corrected chi connectivity index (χ0v) is 15.6. The summed E-state index contributed by atoms with van der Waals surface area (Å²) < 4.78 is 1.87. The molecule has 6 heteroatoms. The molecule has 1 N–H and O–H groups in total. The lowest BCUT2D eigenvalue weighted by Crippen LogP contribution is -2.44. The molecule has 0 bridgehead atoms. The first kappa shape index (κ1) is 17.3. The Kier molecular flexibility index (Phi) is 5.13. The average molecular weight is 332 g/mol. The topological polar surface area (TPSA) is 48.7 Å². The van der Waals surface area contributed by atoms with Crippen molar-refractivity contribution < 1.29 is 0 Å². The molecule has 3 rings (SSSR count). The van der Waals surface area contributed by atoms with Crippen LogP contribution in [-0.4, -0.2) is 66.3 Å². The van der Waals surface area contributed by atoms with E-state index in [1.807, 2.05) is 25.0 Å². The number of hydrogen-bond acceptors (Lipinski definition) is 3. The normalized spacial score (nSPS) is 21.9. The molecule has 2 heterocycles. The molecule has 1 aliphatic heterocycles. The smallest absolute Gasteiger partial charge is 0.193 e. The van der Waals surface area contributed by atoms with Gasteiger partial charge in [-0.15, -0.1) is 0 Å². The Bertz CT molecular complexity index is 570. The number of guanidine groups is 1. The first-order chi connectivity index (χ1) is 11.5. The van der Waals surface area contributed by atoms with Crippen LogP contribution in [0.4, 0.5) is 0 Å². The van der Waals surface area contributed by atoms with Crippen LogP contribution in [0, 0.1) is 5.41 Å². The van der Waals surface area contributed by atoms with Gasteiger partial charge in [0, 0.05) is 45.5 Å². The Morgan fingerprint density at radius 1 is 1.38 bits per heavy atom. The maximum absolute atomic E-state index is 4.55. The quantitative estimate of drug-likeness (QED) is 0.675. The Balaban J connectivity index is 1.61. The van der Waals surface area contributed by atoms with Crippen molar-refractivity contribution in [1.29, 1.82) is 0 Å². The number of aliphatic imine (C=N–C) groups is 1. The van der Waals surface area contributed by atoms with Gasteiger partial charge in [-0.3, -0.25) is 9.67 Å². The highest BCUT2D eigenvalue weighted by Gasteiger charge is 2.41. The molecule has 1 aromatic rings. The minimum Gasteiger partial charge on any atom is -0.354 e. The van der Waals surface area contributed by atoms with Crippen molar-refractivity contribution in [2.45, 2.75) is 38.1 Å². The van der Waals surface area contributed by atoms with Gasteiger partial charge in [0.1, 0.15) is 0 Å². The van der Waals surface area contributed by atoms with E-state index in [-0.39, 0.29) is 0 Å². The van der Waals surface area contributed by atoms with Crippen LogP contribution in [0.2, 0.25) is 0 Å². The minimum absolute atomic E-state index is 0.290. The van der Waals surface area contributed by atoms with Gasteiger partial charge in [0.05, 0.1) is 12.2 Å². The fourth-order valence-corrected chi connectivity index (χ4v) is 4.38. The summed E-state index contributed by atoms with van der Waals surface area (Å²) >= 11 is 0. The first-order valence-electron chi connectivity index (χ1n) is 9.14. The Morgan fingerprint density at radius 2 is 2.12 bits per heavy atom. The number of likely N-dealkylation sites (tertiary alicyclic amines) is 1. The van der Waals surface area contributed by atoms with E-state index < -0.39 is 0 Å². The summed E-state index contributed by atoms with van der Waals surface area (Å²) in [6, 6.07) is 0.290. The van der Waals surface area contributed by atoms with Gasteiger partial charge in [-0.2, -0.15) is 5.10 Å². The third-order valence-corrected chi connectivity index (χ3v) is 5.80. The summed E-state index contributed by atoms with van der Waals surface area (Å²) in [7, 11) is 8.10. The van der Waals surface area contributed by atoms with Gasteiger partial charge < -0.3 is 15.1 Å². The number of rotatable bonds is 4. The molecule has 1 saturated carbocycles. The van der Waals surface area contributed by atoms with E-state index in [1.54, 1.807) is 0 Å². The van der Waals surface area contributed by atoms with Crippen LogP contribution in [0.15, 0.2) is 17.4 Å². The van der Waals surface area contributed by atoms with Gasteiger partial charge in [0.25, 0.3) is 0 Å². The lowest BCUT2D eigenvalue weighted by molar-refractivity contribution is 0.290. The van der Waals surface area contributed by atoms with Crippen LogP contribution in [-0.2, 0) is 7.05 Å². The van der Waals surface area contributed by atoms with E-state index >= 15 is 0 Å². The molecule has 1 aromatic heterocycles. The van der Waals surface area contributed by atoms with Crippen molar-refractivity contribution in [1.82, 2.24) is 24.9 Å². The molecule has 0 aromatic carbocycles. The Labute approximate surface area is 145 Å². The average Bonchev–Trinajstić information content (AvgIpc) is 3.27. The molecule has 0 radical (unpaired) electrons. The maximum Gasteiger partial charge on any atom is 0.193 e. The van der Waals surface area contributed by atoms with E-state index in [2.05, 4.69) is 45.5 Å². The number of nitrogens with zero attached hydrogens (tertiary/aromatic N) is 5. The van der Waals surface area contributed by atoms with Gasteiger partial charge in [0.2, 0.25) is 0 Å². The van der Waals surface area contributed by atoms with Crippen LogP contribution in [0.25, 0.3) is 0 Å². The highest BCUT2D eigenvalue weighted by Crippen LogP contribution is 2.45. The molecule has 1 spiro atoms. The van der Waals surface area contributed by atoms with Crippen molar-refractivity contribution in [2.75, 3.05) is 40.8 Å². The molecule has 6 nitrogen and oxygen atoms in total. The second-order valence-electron chi connectivity index (χ2n) is 7.73. The highest BCUT2D eigenvalue weighted by molar-refractivity contribution is 5.80. The molecule has 1 saturated heterocycles. The first-order valence-corrected chi connectivity index (χ1v) is 9.14. The lowest BCUT2D eigenvalue weighted by Gasteiger charge is -2.29. The van der Waals surface area contributed by atoms with Crippen molar-refractivity contribution in [2.24, 2.45) is 17.5 Å². The fourth-order valence-electron chi connectivity index (χ4n) is 4.38. The SMILES string of the molecule is CN=C(NCC(c1cnn(C)c1)N(C)C)N1CCC2(CCCC2)C1. The number of aromatic nitrogens is 2. The third-order valence-electron chi connectivity index (χ3n) is 5.80. The summed E-state index contributed by atoms with van der Waals surface area (Å²) in [5.74, 6) is 1.05. The molecule has 2 fully saturated rings. The summed E-state index contributed by atoms with van der Waals surface area (Å²) in [6.45, 7) is 3.15. The van der Waals surface area contributed by atoms with Crippen molar-refractivity contribution >= 4 is 5.96 Å². The fraction of sp³-hybridized carbons (Fsp3) is 0.778. The highest BCUT2D eigenvalue weighted by atomic mass is 15.3. The van der Waals surface area contributed by atoms with E-state index in [1.165, 1.54) is 44.2 Å². The van der Waals surface area contributed by atoms with Crippen LogP contribution in [0.1, 0.15) is 43.7 Å². The maximum atomic E-state index is 4.55. The van der Waals surface area contributed by atoms with E-state index in [9.17, 15) is 0 Å². The number of aryl methyl sites for hydroxylation is 1. The third kappa shape index (κ3) is 3.58. The molecule has 24 heavy (non-hydrogen) atoms. The number of nitrogens with one attached hydrogen (secondary N) is 1. The van der Waals surface area contributed by atoms with Gasteiger partial charge in [-0.05, 0) is 38.8 Å². The molecular formula is C18H32N6. The second kappa shape index (κ2) is 7.13. The van der Waals surface area contributed by atoms with Gasteiger partial charge in [-0.25, -0.2) is 0 Å². The molecule has 1 aliphatic carbocycles. The number of likely N-dealkylation sites (N-methyl/N-ethyl adjacent to an activating group) is 1. The van der Waals surface area contributed by atoms with Crippen LogP contribution in [0.3, 0.4) is 0 Å². The molecule has 0 amide bonds.